The van der Waals surface area contributed by atoms with Crippen LogP contribution in [0.4, 0.5) is 0 Å². The maximum Gasteiger partial charge on any atom is 0.323 e. The number of carbonyl (C=O) groups is 1. The summed E-state index contributed by atoms with van der Waals surface area (Å²) in [5, 5.41) is 58.8. The van der Waals surface area contributed by atoms with Gasteiger partial charge >= 0.3 is 5.97 Å². The smallest absolute Gasteiger partial charge is 0.323 e. The van der Waals surface area contributed by atoms with E-state index in [1.165, 1.54) is 0 Å². The van der Waals surface area contributed by atoms with Gasteiger partial charge in [-0.3, -0.25) is 4.79 Å². The molecule has 0 heterocycles. The van der Waals surface area contributed by atoms with E-state index in [0.29, 0.717) is 0 Å². The summed E-state index contributed by atoms with van der Waals surface area (Å²) in [4.78, 5) is 11.1. The first kappa shape index (κ1) is 20.5. The number of hydrogen-bond acceptors (Lipinski definition) is 9. The van der Waals surface area contributed by atoms with Crippen molar-refractivity contribution in [1.29, 1.82) is 0 Å². The highest BCUT2D eigenvalue weighted by atomic mass is 16.4. The zero-order valence-electron chi connectivity index (χ0n) is 10.4. The van der Waals surface area contributed by atoms with E-state index < -0.39 is 57.4 Å². The van der Waals surface area contributed by atoms with Gasteiger partial charge in [0.25, 0.3) is 0 Å². The second-order valence-corrected chi connectivity index (χ2v) is 3.74. The molecule has 0 bridgehead atoms. The van der Waals surface area contributed by atoms with Gasteiger partial charge in [-0.1, -0.05) is 0 Å². The van der Waals surface area contributed by atoms with Gasteiger partial charge < -0.3 is 41.5 Å². The topological polar surface area (TPSA) is 188 Å². The fraction of sp³-hybridized carbons (Fsp3) is 0.889. The quantitative estimate of drug-likeness (QED) is 0.201. The van der Waals surface area contributed by atoms with Gasteiger partial charge in [0.15, 0.2) is 0 Å². The van der Waals surface area contributed by atoms with Crippen molar-refractivity contribution in [2.45, 2.75) is 11.6 Å². The number of hydrogen-bond donors (Lipinski definition) is 8. The Hall–Kier alpha value is -0.850. The van der Waals surface area contributed by atoms with Gasteiger partial charge in [0, 0.05) is 0 Å². The molecule has 1 unspecified atom stereocenters. The molecule has 0 rings (SSSR count). The molecule has 0 aliphatic rings. The average molecular weight is 286 g/mol. The first-order chi connectivity index (χ1) is 8.85. The summed E-state index contributed by atoms with van der Waals surface area (Å²) in [5.74, 6) is -1.28. The van der Waals surface area contributed by atoms with Crippen molar-refractivity contribution in [2.24, 2.45) is 5.73 Å². The number of aliphatic hydroxyl groups excluding tert-OH is 6. The predicted molar refractivity (Wildman–Crippen MR) is 62.7 cm³/mol. The first-order valence-corrected chi connectivity index (χ1v) is 5.26. The largest absolute Gasteiger partial charge is 0.480 e. The molecule has 0 aromatic carbocycles. The SMILES string of the molecule is NC(CO)(CO)CO.O=C(O)C(CO)N(CO)CO. The zero-order valence-corrected chi connectivity index (χ0v) is 10.4. The molecule has 10 nitrogen and oxygen atoms in total. The highest BCUT2D eigenvalue weighted by Crippen LogP contribution is 1.95. The lowest BCUT2D eigenvalue weighted by Gasteiger charge is -2.21. The van der Waals surface area contributed by atoms with E-state index in [1.807, 2.05) is 0 Å². The van der Waals surface area contributed by atoms with Crippen molar-refractivity contribution in [3.63, 3.8) is 0 Å². The van der Waals surface area contributed by atoms with Gasteiger partial charge in [-0.25, -0.2) is 4.90 Å². The molecule has 0 aromatic rings. The minimum Gasteiger partial charge on any atom is -0.480 e. The summed E-state index contributed by atoms with van der Waals surface area (Å²) in [6.45, 7) is -3.06. The van der Waals surface area contributed by atoms with Crippen LogP contribution < -0.4 is 5.73 Å². The number of carboxylic acid groups (broad SMARTS) is 1. The van der Waals surface area contributed by atoms with Crippen LogP contribution in [-0.4, -0.2) is 98.1 Å². The maximum absolute atomic E-state index is 10.3. The van der Waals surface area contributed by atoms with Crippen molar-refractivity contribution in [3.8, 4) is 0 Å². The Balaban J connectivity index is 0. The Morgan fingerprint density at radius 2 is 1.37 bits per heavy atom. The summed E-state index contributed by atoms with van der Waals surface area (Å²) in [5.41, 5.74) is 3.94. The predicted octanol–water partition coefficient (Wildman–Crippen LogP) is -4.71. The van der Waals surface area contributed by atoms with E-state index in [4.69, 9.17) is 41.5 Å². The third-order valence-electron chi connectivity index (χ3n) is 2.21. The highest BCUT2D eigenvalue weighted by Gasteiger charge is 2.23. The van der Waals surface area contributed by atoms with Crippen LogP contribution in [0.2, 0.25) is 0 Å². The molecule has 0 aliphatic carbocycles. The average Bonchev–Trinajstić information content (AvgIpc) is 2.43. The Labute approximate surface area is 109 Å². The number of carboxylic acids is 1. The van der Waals surface area contributed by atoms with Gasteiger partial charge in [0.1, 0.15) is 6.04 Å². The first-order valence-electron chi connectivity index (χ1n) is 5.26. The molecule has 0 saturated heterocycles. The van der Waals surface area contributed by atoms with Crippen molar-refractivity contribution in [2.75, 3.05) is 39.9 Å². The molecule has 19 heavy (non-hydrogen) atoms. The van der Waals surface area contributed by atoms with Crippen molar-refractivity contribution in [1.82, 2.24) is 4.90 Å². The monoisotopic (exact) mass is 286 g/mol. The normalized spacial score (nSPS) is 12.8. The van der Waals surface area contributed by atoms with E-state index in [0.717, 1.165) is 4.90 Å². The summed E-state index contributed by atoms with van der Waals surface area (Å²) >= 11 is 0. The van der Waals surface area contributed by atoms with Crippen LogP contribution in [0.15, 0.2) is 0 Å². The van der Waals surface area contributed by atoms with Gasteiger partial charge in [-0.15, -0.1) is 0 Å². The van der Waals surface area contributed by atoms with Gasteiger partial charge in [0.05, 0.1) is 45.4 Å². The molecule has 0 aliphatic heterocycles. The van der Waals surface area contributed by atoms with Crippen LogP contribution >= 0.6 is 0 Å². The third kappa shape index (κ3) is 8.02. The maximum atomic E-state index is 10.3. The van der Waals surface area contributed by atoms with E-state index in [-0.39, 0.29) is 0 Å². The molecule has 0 aromatic heterocycles. The van der Waals surface area contributed by atoms with Crippen molar-refractivity contribution < 1.29 is 40.5 Å². The number of aliphatic carboxylic acids is 1. The van der Waals surface area contributed by atoms with Crippen molar-refractivity contribution in [3.05, 3.63) is 0 Å². The molecule has 0 saturated carbocycles. The number of rotatable bonds is 8. The standard InChI is InChI=1S/C5H11NO5.C4H11NO3/c7-1-4(5(10)11)6(2-8)3-9;5-4(1-6,2-7)3-8/h4,7-9H,1-3H2,(H,10,11);6-8H,1-3,5H2. The second kappa shape index (κ2) is 11.0. The summed E-state index contributed by atoms with van der Waals surface area (Å²) < 4.78 is 0. The van der Waals surface area contributed by atoms with Gasteiger partial charge in [0.2, 0.25) is 0 Å². The fourth-order valence-electron chi connectivity index (χ4n) is 0.742. The zero-order chi connectivity index (χ0) is 15.5. The molecular formula is C9H22N2O8. The van der Waals surface area contributed by atoms with E-state index in [1.54, 1.807) is 0 Å². The van der Waals surface area contributed by atoms with Crippen LogP contribution in [0.25, 0.3) is 0 Å². The van der Waals surface area contributed by atoms with Crippen LogP contribution in [0, 0.1) is 0 Å². The van der Waals surface area contributed by atoms with E-state index in [2.05, 4.69) is 0 Å². The molecule has 9 N–H and O–H groups in total. The van der Waals surface area contributed by atoms with E-state index in [9.17, 15) is 4.79 Å². The Bertz CT molecular complexity index is 224. The lowest BCUT2D eigenvalue weighted by atomic mass is 10.1. The van der Waals surface area contributed by atoms with E-state index >= 15 is 0 Å². The minimum absolute atomic E-state index is 0.403. The molecule has 1 atom stereocenters. The van der Waals surface area contributed by atoms with Gasteiger partial charge in [-0.05, 0) is 0 Å². The summed E-state index contributed by atoms with van der Waals surface area (Å²) in [6, 6.07) is -1.25. The van der Waals surface area contributed by atoms with Crippen LogP contribution in [0.1, 0.15) is 0 Å². The Morgan fingerprint density at radius 1 is 1.00 bits per heavy atom. The Morgan fingerprint density at radius 3 is 1.42 bits per heavy atom. The number of nitrogens with two attached hydrogens (primary N) is 1. The minimum atomic E-state index is -1.28. The summed E-state index contributed by atoms with van der Waals surface area (Å²) in [7, 11) is 0. The molecule has 0 amide bonds. The molecular weight excluding hydrogens is 264 g/mol. The van der Waals surface area contributed by atoms with Crippen LogP contribution in [-0.2, 0) is 4.79 Å². The fourth-order valence-corrected chi connectivity index (χ4v) is 0.742. The molecule has 116 valence electrons. The molecule has 10 heteroatoms. The lowest BCUT2D eigenvalue weighted by Crippen LogP contribution is -2.50. The Kier molecular flexibility index (Phi) is 11.9. The third-order valence-corrected chi connectivity index (χ3v) is 2.21. The van der Waals surface area contributed by atoms with Crippen molar-refractivity contribution >= 4 is 5.97 Å². The highest BCUT2D eigenvalue weighted by molar-refractivity contribution is 5.73. The van der Waals surface area contributed by atoms with Crippen LogP contribution in [0.3, 0.4) is 0 Å². The van der Waals surface area contributed by atoms with Gasteiger partial charge in [-0.2, -0.15) is 0 Å². The number of nitrogens with zero attached hydrogens (tertiary/aromatic N) is 1. The lowest BCUT2D eigenvalue weighted by molar-refractivity contribution is -0.149. The molecule has 0 spiro atoms. The molecule has 0 fully saturated rings. The number of aliphatic hydroxyl groups is 6. The molecule has 0 radical (unpaired) electrons. The second-order valence-electron chi connectivity index (χ2n) is 3.74. The summed E-state index contributed by atoms with van der Waals surface area (Å²) in [6.07, 6.45) is 0. The van der Waals surface area contributed by atoms with Crippen LogP contribution in [0.5, 0.6) is 0 Å².